The summed E-state index contributed by atoms with van der Waals surface area (Å²) in [5.41, 5.74) is 3.31. The van der Waals surface area contributed by atoms with Crippen LogP contribution in [0.2, 0.25) is 0 Å². The first-order valence-electron chi connectivity index (χ1n) is 6.15. The minimum atomic E-state index is 0.542. The maximum Gasteiger partial charge on any atom is 0.183 e. The van der Waals surface area contributed by atoms with Crippen molar-refractivity contribution in [3.8, 4) is 23.4 Å². The molecule has 0 aromatic heterocycles. The zero-order chi connectivity index (χ0) is 15.1. The lowest BCUT2D eigenvalue weighted by Crippen LogP contribution is -2.12. The Morgan fingerprint density at radius 2 is 1.81 bits per heavy atom. The van der Waals surface area contributed by atoms with E-state index in [-0.39, 0.29) is 0 Å². The molecule has 0 atom stereocenters. The van der Waals surface area contributed by atoms with E-state index in [0.717, 1.165) is 16.8 Å². The van der Waals surface area contributed by atoms with E-state index in [4.69, 9.17) is 10.5 Å². The minimum absolute atomic E-state index is 0.542. The van der Waals surface area contributed by atoms with Crippen LogP contribution in [0.15, 0.2) is 53.5 Å². The van der Waals surface area contributed by atoms with Crippen molar-refractivity contribution in [2.75, 3.05) is 6.26 Å². The molecular weight excluding hydrogens is 280 g/mol. The molecule has 2 aromatic carbocycles. The van der Waals surface area contributed by atoms with Gasteiger partial charge in [-0.15, -0.1) is 0 Å². The predicted molar refractivity (Wildman–Crippen MR) is 86.0 cm³/mol. The number of nitrogens with zero attached hydrogens (tertiary/aromatic N) is 3. The van der Waals surface area contributed by atoms with Crippen molar-refractivity contribution in [1.29, 1.82) is 10.5 Å². The third-order valence-corrected chi connectivity index (χ3v) is 3.34. The van der Waals surface area contributed by atoms with Gasteiger partial charge >= 0.3 is 0 Å². The molecule has 0 radical (unpaired) electrons. The molecular formula is C16H12N4S. The van der Waals surface area contributed by atoms with Crippen LogP contribution in [-0.2, 0) is 0 Å². The SMILES string of the molecule is CSC(=Nc1cccc(-c2cccc(C#N)c2)c1)NC#N. The molecule has 0 saturated carbocycles. The summed E-state index contributed by atoms with van der Waals surface area (Å²) in [5, 5.41) is 20.7. The number of aliphatic imine (C=N–C) groups is 1. The molecule has 102 valence electrons. The van der Waals surface area contributed by atoms with Gasteiger partial charge in [-0.2, -0.15) is 10.5 Å². The standard InChI is InChI=1S/C16H12N4S/c1-21-16(19-11-18)20-15-7-3-6-14(9-15)13-5-2-4-12(8-13)10-17/h2-9H,1H3,(H,19,20). The summed E-state index contributed by atoms with van der Waals surface area (Å²) in [5.74, 6) is 0. The van der Waals surface area contributed by atoms with Gasteiger partial charge < -0.3 is 0 Å². The van der Waals surface area contributed by atoms with Gasteiger partial charge in [-0.25, -0.2) is 4.99 Å². The molecule has 0 amide bonds. The monoisotopic (exact) mass is 292 g/mol. The normalized spacial score (nSPS) is 10.5. The molecule has 4 nitrogen and oxygen atoms in total. The van der Waals surface area contributed by atoms with Crippen LogP contribution in [0.25, 0.3) is 11.1 Å². The van der Waals surface area contributed by atoms with Crippen molar-refractivity contribution in [3.63, 3.8) is 0 Å². The van der Waals surface area contributed by atoms with Crippen LogP contribution >= 0.6 is 11.8 Å². The van der Waals surface area contributed by atoms with Gasteiger partial charge in [-0.3, -0.25) is 5.32 Å². The highest BCUT2D eigenvalue weighted by Crippen LogP contribution is 2.25. The lowest BCUT2D eigenvalue weighted by atomic mass is 10.0. The number of hydrogen-bond acceptors (Lipinski definition) is 4. The average Bonchev–Trinajstić information content (AvgIpc) is 2.54. The van der Waals surface area contributed by atoms with Crippen molar-refractivity contribution in [3.05, 3.63) is 54.1 Å². The molecule has 0 heterocycles. The van der Waals surface area contributed by atoms with Gasteiger partial charge in [0.25, 0.3) is 0 Å². The minimum Gasteiger partial charge on any atom is -0.271 e. The van der Waals surface area contributed by atoms with Crippen LogP contribution in [0.3, 0.4) is 0 Å². The topological polar surface area (TPSA) is 72.0 Å². The number of hydrogen-bond donors (Lipinski definition) is 1. The van der Waals surface area contributed by atoms with Crippen molar-refractivity contribution in [1.82, 2.24) is 5.32 Å². The molecule has 5 heteroatoms. The van der Waals surface area contributed by atoms with Crippen molar-refractivity contribution < 1.29 is 0 Å². The quantitative estimate of drug-likeness (QED) is 0.397. The first kappa shape index (κ1) is 14.6. The number of nitrogens with one attached hydrogen (secondary N) is 1. The first-order chi connectivity index (χ1) is 10.3. The summed E-state index contributed by atoms with van der Waals surface area (Å²) >= 11 is 1.37. The van der Waals surface area contributed by atoms with E-state index < -0.39 is 0 Å². The zero-order valence-corrected chi connectivity index (χ0v) is 12.2. The molecule has 0 aliphatic heterocycles. The molecule has 2 aromatic rings. The second kappa shape index (κ2) is 7.14. The number of nitriles is 2. The zero-order valence-electron chi connectivity index (χ0n) is 11.4. The predicted octanol–water partition coefficient (Wildman–Crippen LogP) is 3.65. The van der Waals surface area contributed by atoms with Gasteiger partial charge in [0.2, 0.25) is 0 Å². The second-order valence-electron chi connectivity index (χ2n) is 4.10. The summed E-state index contributed by atoms with van der Waals surface area (Å²) in [6.07, 6.45) is 3.71. The van der Waals surface area contributed by atoms with E-state index in [1.165, 1.54) is 11.8 Å². The van der Waals surface area contributed by atoms with Crippen molar-refractivity contribution in [2.45, 2.75) is 0 Å². The van der Waals surface area contributed by atoms with Crippen LogP contribution in [0.1, 0.15) is 5.56 Å². The largest absolute Gasteiger partial charge is 0.271 e. The van der Waals surface area contributed by atoms with E-state index in [1.54, 1.807) is 6.07 Å². The highest BCUT2D eigenvalue weighted by Gasteiger charge is 2.02. The van der Waals surface area contributed by atoms with Gasteiger partial charge in [-0.1, -0.05) is 36.0 Å². The average molecular weight is 292 g/mol. The summed E-state index contributed by atoms with van der Waals surface area (Å²) in [7, 11) is 0. The maximum atomic E-state index is 8.96. The molecule has 21 heavy (non-hydrogen) atoms. The van der Waals surface area contributed by atoms with Crippen LogP contribution in [-0.4, -0.2) is 11.4 Å². The number of benzene rings is 2. The molecule has 0 bridgehead atoms. The Bertz CT molecular complexity index is 753. The summed E-state index contributed by atoms with van der Waals surface area (Å²) in [4.78, 5) is 4.38. The Hall–Kier alpha value is -2.76. The molecule has 1 N–H and O–H groups in total. The fourth-order valence-electron chi connectivity index (χ4n) is 1.81. The summed E-state index contributed by atoms with van der Waals surface area (Å²) < 4.78 is 0. The van der Waals surface area contributed by atoms with Crippen LogP contribution in [0.4, 0.5) is 5.69 Å². The van der Waals surface area contributed by atoms with Crippen molar-refractivity contribution in [2.24, 2.45) is 4.99 Å². The Morgan fingerprint density at radius 3 is 2.48 bits per heavy atom. The highest BCUT2D eigenvalue weighted by atomic mass is 32.2. The van der Waals surface area contributed by atoms with E-state index in [9.17, 15) is 0 Å². The molecule has 0 saturated heterocycles. The number of rotatable bonds is 2. The van der Waals surface area contributed by atoms with Gasteiger partial charge in [0.05, 0.1) is 17.3 Å². The van der Waals surface area contributed by atoms with E-state index in [1.807, 2.05) is 54.9 Å². The van der Waals surface area contributed by atoms with E-state index >= 15 is 0 Å². The Labute approximate surface area is 127 Å². The van der Waals surface area contributed by atoms with Crippen LogP contribution in [0, 0.1) is 22.8 Å². The highest BCUT2D eigenvalue weighted by molar-refractivity contribution is 8.13. The molecule has 0 aliphatic rings. The van der Waals surface area contributed by atoms with Gasteiger partial charge in [0, 0.05) is 0 Å². The summed E-state index contributed by atoms with van der Waals surface area (Å²) in [6.45, 7) is 0. The van der Waals surface area contributed by atoms with Gasteiger partial charge in [0.1, 0.15) is 0 Å². The Morgan fingerprint density at radius 1 is 1.10 bits per heavy atom. The van der Waals surface area contributed by atoms with Gasteiger partial charge in [-0.05, 0) is 41.6 Å². The number of amidine groups is 1. The van der Waals surface area contributed by atoms with Crippen molar-refractivity contribution >= 4 is 22.6 Å². The molecule has 2 rings (SSSR count). The fraction of sp³-hybridized carbons (Fsp3) is 0.0625. The summed E-state index contributed by atoms with van der Waals surface area (Å²) in [6, 6.07) is 17.2. The molecule has 0 spiro atoms. The molecule has 0 fully saturated rings. The fourth-order valence-corrected chi connectivity index (χ4v) is 2.16. The first-order valence-corrected chi connectivity index (χ1v) is 7.37. The van der Waals surface area contributed by atoms with Crippen LogP contribution < -0.4 is 5.32 Å². The molecule has 0 unspecified atom stereocenters. The third kappa shape index (κ3) is 3.85. The van der Waals surface area contributed by atoms with Gasteiger partial charge in [0.15, 0.2) is 11.4 Å². The number of thioether (sulfide) groups is 1. The molecule has 0 aliphatic carbocycles. The van der Waals surface area contributed by atoms with Crippen LogP contribution in [0.5, 0.6) is 0 Å². The van der Waals surface area contributed by atoms with E-state index in [2.05, 4.69) is 16.4 Å². The second-order valence-corrected chi connectivity index (χ2v) is 4.90. The van der Waals surface area contributed by atoms with E-state index in [0.29, 0.717) is 10.7 Å². The third-order valence-electron chi connectivity index (χ3n) is 2.76. The lowest BCUT2D eigenvalue weighted by Gasteiger charge is -2.04. The lowest BCUT2D eigenvalue weighted by molar-refractivity contribution is 1.28. The smallest absolute Gasteiger partial charge is 0.183 e. The maximum absolute atomic E-state index is 8.96. The Kier molecular flexibility index (Phi) is 4.98. The Balaban J connectivity index is 2.38.